The summed E-state index contributed by atoms with van der Waals surface area (Å²) in [7, 11) is 0. The van der Waals surface area contributed by atoms with E-state index in [1.807, 2.05) is 23.7 Å². The summed E-state index contributed by atoms with van der Waals surface area (Å²) in [6.45, 7) is 15.9. The number of aliphatic hydroxyl groups excluding tert-OH is 1. The SMILES string of the molecule is CCC(C)(C)n1nnnc1[C@H](C(C)C)N(CCCO)Cc1cc2cc(C)c(C)cc2[nH]c1=O. The van der Waals surface area contributed by atoms with Crippen molar-refractivity contribution in [2.75, 3.05) is 13.2 Å². The molecule has 0 bridgehead atoms. The molecular formula is C25H38N6O2. The minimum atomic E-state index is -0.232. The number of nitrogens with zero attached hydrogens (tertiary/aromatic N) is 5. The van der Waals surface area contributed by atoms with E-state index in [1.165, 1.54) is 5.56 Å². The number of aryl methyl sites for hydroxylation is 2. The van der Waals surface area contributed by atoms with Crippen molar-refractivity contribution in [2.24, 2.45) is 5.92 Å². The lowest BCUT2D eigenvalue weighted by Crippen LogP contribution is -2.39. The highest BCUT2D eigenvalue weighted by Gasteiger charge is 2.33. The Balaban J connectivity index is 2.06. The number of fused-ring (bicyclic) bond motifs is 1. The second-order valence-electron chi connectivity index (χ2n) is 10.00. The van der Waals surface area contributed by atoms with Crippen LogP contribution in [-0.2, 0) is 12.1 Å². The Bertz CT molecular complexity index is 1150. The summed E-state index contributed by atoms with van der Waals surface area (Å²) < 4.78 is 1.92. The summed E-state index contributed by atoms with van der Waals surface area (Å²) >= 11 is 0. The molecule has 0 aliphatic heterocycles. The van der Waals surface area contributed by atoms with Gasteiger partial charge in [-0.25, -0.2) is 4.68 Å². The van der Waals surface area contributed by atoms with E-state index >= 15 is 0 Å². The molecule has 2 heterocycles. The van der Waals surface area contributed by atoms with Gasteiger partial charge in [-0.1, -0.05) is 20.8 Å². The number of nitrogens with one attached hydrogen (secondary N) is 1. The van der Waals surface area contributed by atoms with Crippen molar-refractivity contribution in [3.63, 3.8) is 0 Å². The van der Waals surface area contributed by atoms with Crippen LogP contribution in [0.25, 0.3) is 10.9 Å². The molecule has 0 fully saturated rings. The molecule has 2 aromatic heterocycles. The van der Waals surface area contributed by atoms with Crippen LogP contribution >= 0.6 is 0 Å². The van der Waals surface area contributed by atoms with Crippen molar-refractivity contribution in [3.05, 3.63) is 51.1 Å². The molecule has 0 spiro atoms. The minimum absolute atomic E-state index is 0.0826. The lowest BCUT2D eigenvalue weighted by atomic mass is 9.97. The number of rotatable bonds is 10. The summed E-state index contributed by atoms with van der Waals surface area (Å²) in [6, 6.07) is 6.03. The van der Waals surface area contributed by atoms with Gasteiger partial charge in [0.15, 0.2) is 5.82 Å². The zero-order valence-electron chi connectivity index (χ0n) is 21.0. The first-order valence-corrected chi connectivity index (χ1v) is 11.9. The first-order chi connectivity index (χ1) is 15.6. The fraction of sp³-hybridized carbons (Fsp3) is 0.600. The maximum atomic E-state index is 13.0. The van der Waals surface area contributed by atoms with Crippen LogP contribution in [0.2, 0.25) is 0 Å². The molecule has 8 nitrogen and oxygen atoms in total. The van der Waals surface area contributed by atoms with E-state index in [0.29, 0.717) is 25.1 Å². The highest BCUT2D eigenvalue weighted by molar-refractivity contribution is 5.80. The van der Waals surface area contributed by atoms with E-state index in [0.717, 1.165) is 28.7 Å². The molecule has 2 N–H and O–H groups in total. The lowest BCUT2D eigenvalue weighted by molar-refractivity contribution is 0.115. The van der Waals surface area contributed by atoms with Gasteiger partial charge >= 0.3 is 0 Å². The average Bonchev–Trinajstić information content (AvgIpc) is 3.24. The van der Waals surface area contributed by atoms with E-state index in [9.17, 15) is 9.90 Å². The highest BCUT2D eigenvalue weighted by Crippen LogP contribution is 2.32. The Hall–Kier alpha value is -2.58. The molecule has 0 aliphatic carbocycles. The number of aromatic amines is 1. The lowest BCUT2D eigenvalue weighted by Gasteiger charge is -2.35. The van der Waals surface area contributed by atoms with Crippen molar-refractivity contribution < 1.29 is 5.11 Å². The monoisotopic (exact) mass is 454 g/mol. The smallest absolute Gasteiger partial charge is 0.252 e. The van der Waals surface area contributed by atoms with E-state index in [1.54, 1.807) is 0 Å². The molecule has 0 saturated carbocycles. The average molecular weight is 455 g/mol. The second kappa shape index (κ2) is 10.1. The molecule has 0 aliphatic rings. The summed E-state index contributed by atoms with van der Waals surface area (Å²) in [6.07, 6.45) is 1.49. The predicted molar refractivity (Wildman–Crippen MR) is 131 cm³/mol. The second-order valence-corrected chi connectivity index (χ2v) is 10.00. The van der Waals surface area contributed by atoms with Gasteiger partial charge in [-0.05, 0) is 91.6 Å². The van der Waals surface area contributed by atoms with Crippen LogP contribution in [0.4, 0.5) is 0 Å². The molecule has 3 rings (SSSR count). The number of hydrogen-bond donors (Lipinski definition) is 2. The summed E-state index contributed by atoms with van der Waals surface area (Å²) in [5, 5.41) is 23.3. The first-order valence-electron chi connectivity index (χ1n) is 11.9. The minimum Gasteiger partial charge on any atom is -0.396 e. The molecule has 0 amide bonds. The standard InChI is InChI=1S/C25H38N6O2/c1-8-25(6,7)31-23(27-28-29-31)22(16(2)3)30(10-9-11-32)15-20-14-19-12-17(4)18(5)13-21(19)26-24(20)33/h12-14,16,22,32H,8-11,15H2,1-7H3,(H,26,33)/t22-/m0/s1. The fourth-order valence-corrected chi connectivity index (χ4v) is 4.29. The molecule has 33 heavy (non-hydrogen) atoms. The Morgan fingerprint density at radius 3 is 2.52 bits per heavy atom. The van der Waals surface area contributed by atoms with Crippen LogP contribution in [0.5, 0.6) is 0 Å². The molecule has 1 aromatic carbocycles. The zero-order valence-corrected chi connectivity index (χ0v) is 21.0. The molecular weight excluding hydrogens is 416 g/mol. The zero-order chi connectivity index (χ0) is 24.3. The van der Waals surface area contributed by atoms with Crippen molar-refractivity contribution in [1.29, 1.82) is 0 Å². The highest BCUT2D eigenvalue weighted by atomic mass is 16.3. The van der Waals surface area contributed by atoms with E-state index in [-0.39, 0.29) is 29.7 Å². The van der Waals surface area contributed by atoms with Crippen LogP contribution < -0.4 is 5.56 Å². The van der Waals surface area contributed by atoms with E-state index < -0.39 is 0 Å². The van der Waals surface area contributed by atoms with Gasteiger partial charge in [-0.2, -0.15) is 0 Å². The maximum absolute atomic E-state index is 13.0. The van der Waals surface area contributed by atoms with Crippen LogP contribution in [0.15, 0.2) is 23.0 Å². The van der Waals surface area contributed by atoms with Crippen molar-refractivity contribution in [1.82, 2.24) is 30.1 Å². The maximum Gasteiger partial charge on any atom is 0.252 e. The number of hydrogen-bond acceptors (Lipinski definition) is 6. The van der Waals surface area contributed by atoms with Gasteiger partial charge in [-0.15, -0.1) is 5.10 Å². The van der Waals surface area contributed by atoms with Gasteiger partial charge in [0.1, 0.15) is 0 Å². The van der Waals surface area contributed by atoms with Crippen LogP contribution in [0.1, 0.15) is 76.0 Å². The molecule has 8 heteroatoms. The molecule has 0 radical (unpaired) electrons. The Morgan fingerprint density at radius 2 is 1.88 bits per heavy atom. The third-order valence-electron chi connectivity index (χ3n) is 6.73. The predicted octanol–water partition coefficient (Wildman–Crippen LogP) is 3.86. The number of pyridine rings is 1. The molecule has 0 saturated heterocycles. The van der Waals surface area contributed by atoms with E-state index in [2.05, 4.69) is 73.0 Å². The molecule has 0 unspecified atom stereocenters. The van der Waals surface area contributed by atoms with Crippen molar-refractivity contribution in [2.45, 2.75) is 79.4 Å². The summed E-state index contributed by atoms with van der Waals surface area (Å²) in [4.78, 5) is 18.3. The van der Waals surface area contributed by atoms with Gasteiger partial charge < -0.3 is 10.1 Å². The third-order valence-corrected chi connectivity index (χ3v) is 6.73. The third kappa shape index (κ3) is 5.33. The van der Waals surface area contributed by atoms with Crippen LogP contribution in [-0.4, -0.2) is 48.3 Å². The van der Waals surface area contributed by atoms with Gasteiger partial charge in [-0.3, -0.25) is 9.69 Å². The van der Waals surface area contributed by atoms with Gasteiger partial charge in [0.05, 0.1) is 11.6 Å². The van der Waals surface area contributed by atoms with Gasteiger partial charge in [0.25, 0.3) is 5.56 Å². The number of tetrazole rings is 1. The number of aliphatic hydroxyl groups is 1. The van der Waals surface area contributed by atoms with Crippen LogP contribution in [0.3, 0.4) is 0 Å². The Labute approximate surface area is 196 Å². The quantitative estimate of drug-likeness (QED) is 0.483. The summed E-state index contributed by atoms with van der Waals surface area (Å²) in [5.74, 6) is 0.990. The van der Waals surface area contributed by atoms with Crippen molar-refractivity contribution >= 4 is 10.9 Å². The Kier molecular flexibility index (Phi) is 7.69. The van der Waals surface area contributed by atoms with Gasteiger partial charge in [0.2, 0.25) is 0 Å². The topological polar surface area (TPSA) is 99.9 Å². The normalized spacial score (nSPS) is 13.4. The molecule has 3 aromatic rings. The molecule has 1 atom stereocenters. The van der Waals surface area contributed by atoms with Crippen LogP contribution in [0, 0.1) is 19.8 Å². The Morgan fingerprint density at radius 1 is 1.18 bits per heavy atom. The fourth-order valence-electron chi connectivity index (χ4n) is 4.29. The van der Waals surface area contributed by atoms with E-state index in [4.69, 9.17) is 0 Å². The number of H-pyrrole nitrogens is 1. The van der Waals surface area contributed by atoms with Crippen molar-refractivity contribution in [3.8, 4) is 0 Å². The van der Waals surface area contributed by atoms with Gasteiger partial charge in [0, 0.05) is 30.8 Å². The first kappa shape index (κ1) is 25.1. The molecule has 180 valence electrons. The number of benzene rings is 1. The largest absolute Gasteiger partial charge is 0.396 e. The number of aromatic nitrogens is 5. The summed E-state index contributed by atoms with van der Waals surface area (Å²) in [5.41, 5.74) is 3.57.